The molecule has 0 aliphatic carbocycles. The van der Waals surface area contributed by atoms with Crippen molar-refractivity contribution >= 4 is 24.8 Å². The summed E-state index contributed by atoms with van der Waals surface area (Å²) < 4.78 is 37.9. The number of benzene rings is 1. The number of aryl methyl sites for hydroxylation is 1. The number of rotatable bonds is 4. The minimum atomic E-state index is -4.09. The van der Waals surface area contributed by atoms with Gasteiger partial charge in [-0.3, -0.25) is 4.90 Å². The van der Waals surface area contributed by atoms with E-state index in [9.17, 15) is 13.2 Å². The van der Waals surface area contributed by atoms with Gasteiger partial charge in [-0.15, -0.1) is 24.8 Å². The molecule has 1 aliphatic heterocycles. The van der Waals surface area contributed by atoms with Crippen LogP contribution in [0.2, 0.25) is 0 Å². The number of hydrogen-bond donors (Lipinski definition) is 1. The Morgan fingerprint density at radius 1 is 1.13 bits per heavy atom. The average molecular weight is 373 g/mol. The van der Waals surface area contributed by atoms with E-state index < -0.39 is 12.6 Å². The van der Waals surface area contributed by atoms with Crippen LogP contribution >= 0.6 is 24.8 Å². The van der Waals surface area contributed by atoms with Crippen molar-refractivity contribution in [3.8, 4) is 0 Å². The largest absolute Gasteiger partial charge is 0.389 e. The Balaban J connectivity index is 0.00000242. The fourth-order valence-corrected chi connectivity index (χ4v) is 2.96. The van der Waals surface area contributed by atoms with Crippen molar-refractivity contribution < 1.29 is 13.2 Å². The third kappa shape index (κ3) is 6.49. The SMILES string of the molecule is Cc1cccc([C@@H](CCC(F)(F)F)N2CCNCC2)c1C.Cl.Cl. The number of halogens is 5. The molecule has 0 saturated carbocycles. The molecule has 1 aliphatic rings. The number of piperazine rings is 1. The van der Waals surface area contributed by atoms with E-state index in [1.54, 1.807) is 0 Å². The maximum absolute atomic E-state index is 12.6. The highest BCUT2D eigenvalue weighted by atomic mass is 35.5. The van der Waals surface area contributed by atoms with Crippen LogP contribution in [0.3, 0.4) is 0 Å². The Morgan fingerprint density at radius 2 is 1.74 bits per heavy atom. The zero-order valence-electron chi connectivity index (χ0n) is 13.4. The molecule has 0 aromatic heterocycles. The lowest BCUT2D eigenvalue weighted by molar-refractivity contribution is -0.138. The van der Waals surface area contributed by atoms with Gasteiger partial charge in [-0.2, -0.15) is 13.2 Å². The molecule has 0 bridgehead atoms. The maximum atomic E-state index is 12.6. The molecule has 1 saturated heterocycles. The smallest absolute Gasteiger partial charge is 0.314 e. The van der Waals surface area contributed by atoms with Crippen LogP contribution in [0.5, 0.6) is 0 Å². The first-order valence-corrected chi connectivity index (χ1v) is 7.46. The summed E-state index contributed by atoms with van der Waals surface area (Å²) in [4.78, 5) is 2.18. The summed E-state index contributed by atoms with van der Waals surface area (Å²) >= 11 is 0. The monoisotopic (exact) mass is 372 g/mol. The van der Waals surface area contributed by atoms with Crippen molar-refractivity contribution in [1.29, 1.82) is 0 Å². The molecular formula is C16H25Cl2F3N2. The highest BCUT2D eigenvalue weighted by molar-refractivity contribution is 5.85. The van der Waals surface area contributed by atoms with Gasteiger partial charge in [-0.1, -0.05) is 18.2 Å². The van der Waals surface area contributed by atoms with Gasteiger partial charge in [0.05, 0.1) is 0 Å². The van der Waals surface area contributed by atoms with Crippen molar-refractivity contribution in [3.63, 3.8) is 0 Å². The summed E-state index contributed by atoms with van der Waals surface area (Å²) in [6.07, 6.45) is -4.69. The first kappa shape index (κ1) is 22.5. The van der Waals surface area contributed by atoms with Crippen molar-refractivity contribution in [1.82, 2.24) is 10.2 Å². The first-order chi connectivity index (χ1) is 9.88. The minimum absolute atomic E-state index is 0. The zero-order valence-corrected chi connectivity index (χ0v) is 15.1. The molecule has 2 rings (SSSR count). The van der Waals surface area contributed by atoms with Gasteiger partial charge in [0.2, 0.25) is 0 Å². The first-order valence-electron chi connectivity index (χ1n) is 7.46. The van der Waals surface area contributed by atoms with Crippen LogP contribution in [0.1, 0.15) is 35.6 Å². The summed E-state index contributed by atoms with van der Waals surface area (Å²) in [6.45, 7) is 7.30. The van der Waals surface area contributed by atoms with Gasteiger partial charge >= 0.3 is 6.18 Å². The van der Waals surface area contributed by atoms with E-state index in [1.807, 2.05) is 32.0 Å². The summed E-state index contributed by atoms with van der Waals surface area (Å²) in [5.41, 5.74) is 3.30. The van der Waals surface area contributed by atoms with Gasteiger partial charge in [0.1, 0.15) is 0 Å². The minimum Gasteiger partial charge on any atom is -0.314 e. The number of alkyl halides is 3. The van der Waals surface area contributed by atoms with E-state index >= 15 is 0 Å². The Kier molecular flexibility index (Phi) is 9.51. The lowest BCUT2D eigenvalue weighted by Crippen LogP contribution is -2.45. The molecule has 1 fully saturated rings. The summed E-state index contributed by atoms with van der Waals surface area (Å²) in [5.74, 6) is 0. The number of hydrogen-bond acceptors (Lipinski definition) is 2. The van der Waals surface area contributed by atoms with Crippen LogP contribution in [0.25, 0.3) is 0 Å². The molecule has 134 valence electrons. The molecular weight excluding hydrogens is 348 g/mol. The van der Waals surface area contributed by atoms with Gasteiger partial charge in [0.15, 0.2) is 0 Å². The average Bonchev–Trinajstić information content (AvgIpc) is 2.43. The Labute approximate surface area is 148 Å². The topological polar surface area (TPSA) is 15.3 Å². The normalized spacial score (nSPS) is 17.1. The summed E-state index contributed by atoms with van der Waals surface area (Å²) in [5, 5.41) is 3.26. The zero-order chi connectivity index (χ0) is 15.5. The Bertz CT molecular complexity index is 475. The molecule has 0 radical (unpaired) electrons. The number of nitrogens with one attached hydrogen (secondary N) is 1. The van der Waals surface area contributed by atoms with E-state index in [0.717, 1.165) is 42.9 Å². The van der Waals surface area contributed by atoms with E-state index in [1.165, 1.54) is 0 Å². The van der Waals surface area contributed by atoms with Crippen molar-refractivity contribution in [2.75, 3.05) is 26.2 Å². The summed E-state index contributed by atoms with van der Waals surface area (Å²) in [6, 6.07) is 5.79. The standard InChI is InChI=1S/C16H23F3N2.2ClH/c1-12-4-3-5-14(13(12)2)15(6-7-16(17,18)19)21-10-8-20-9-11-21;;/h3-5,15,20H,6-11H2,1-2H3;2*1H/t15-;;/m1../s1. The molecule has 1 heterocycles. The van der Waals surface area contributed by atoms with Crippen molar-refractivity contribution in [2.45, 2.75) is 38.9 Å². The molecule has 1 aromatic carbocycles. The van der Waals surface area contributed by atoms with E-state index in [-0.39, 0.29) is 37.3 Å². The van der Waals surface area contributed by atoms with Crippen molar-refractivity contribution in [2.24, 2.45) is 0 Å². The van der Waals surface area contributed by atoms with Crippen LogP contribution in [-0.2, 0) is 0 Å². The highest BCUT2D eigenvalue weighted by Gasteiger charge is 2.31. The van der Waals surface area contributed by atoms with Gasteiger partial charge in [-0.05, 0) is 37.0 Å². The molecule has 7 heteroatoms. The van der Waals surface area contributed by atoms with E-state index in [4.69, 9.17) is 0 Å². The molecule has 23 heavy (non-hydrogen) atoms. The maximum Gasteiger partial charge on any atom is 0.389 e. The Hall–Kier alpha value is -0.490. The van der Waals surface area contributed by atoms with Crippen LogP contribution in [0.15, 0.2) is 18.2 Å². The van der Waals surface area contributed by atoms with E-state index in [0.29, 0.717) is 0 Å². The summed E-state index contributed by atoms with van der Waals surface area (Å²) in [7, 11) is 0. The third-order valence-corrected chi connectivity index (χ3v) is 4.30. The second-order valence-corrected chi connectivity index (χ2v) is 5.74. The lowest BCUT2D eigenvalue weighted by Gasteiger charge is -2.36. The fraction of sp³-hybridized carbons (Fsp3) is 0.625. The molecule has 1 N–H and O–H groups in total. The molecule has 0 amide bonds. The van der Waals surface area contributed by atoms with Gasteiger partial charge < -0.3 is 5.32 Å². The number of nitrogens with zero attached hydrogens (tertiary/aromatic N) is 1. The highest BCUT2D eigenvalue weighted by Crippen LogP contribution is 2.33. The predicted octanol–water partition coefficient (Wildman–Crippen LogP) is 4.44. The van der Waals surface area contributed by atoms with E-state index in [2.05, 4.69) is 10.2 Å². The second-order valence-electron chi connectivity index (χ2n) is 5.74. The molecule has 2 nitrogen and oxygen atoms in total. The van der Waals surface area contributed by atoms with Crippen LogP contribution in [-0.4, -0.2) is 37.3 Å². The molecule has 0 spiro atoms. The van der Waals surface area contributed by atoms with Gasteiger partial charge in [-0.25, -0.2) is 0 Å². The molecule has 1 atom stereocenters. The molecule has 1 aromatic rings. The van der Waals surface area contributed by atoms with Crippen molar-refractivity contribution in [3.05, 3.63) is 34.9 Å². The van der Waals surface area contributed by atoms with Gasteiger partial charge in [0.25, 0.3) is 0 Å². The van der Waals surface area contributed by atoms with Crippen LogP contribution in [0.4, 0.5) is 13.2 Å². The fourth-order valence-electron chi connectivity index (χ4n) is 2.96. The van der Waals surface area contributed by atoms with Crippen LogP contribution in [0, 0.1) is 13.8 Å². The second kappa shape index (κ2) is 9.72. The van der Waals surface area contributed by atoms with Gasteiger partial charge in [0, 0.05) is 38.6 Å². The predicted molar refractivity (Wildman–Crippen MR) is 92.9 cm³/mol. The third-order valence-electron chi connectivity index (χ3n) is 4.30. The molecule has 0 unspecified atom stereocenters. The van der Waals surface area contributed by atoms with Crippen LogP contribution < -0.4 is 5.32 Å². The lowest BCUT2D eigenvalue weighted by atomic mass is 9.93. The Morgan fingerprint density at radius 3 is 2.30 bits per heavy atom. The quantitative estimate of drug-likeness (QED) is 0.840.